The van der Waals surface area contributed by atoms with Crippen LogP contribution in [0.4, 0.5) is 0 Å². The van der Waals surface area contributed by atoms with Crippen molar-refractivity contribution in [1.29, 1.82) is 0 Å². The summed E-state index contributed by atoms with van der Waals surface area (Å²) in [6, 6.07) is 0. The number of rotatable bonds is 4. The zero-order chi connectivity index (χ0) is 8.10. The number of nitrogens with zero attached hydrogens (tertiary/aromatic N) is 1. The van der Waals surface area contributed by atoms with Crippen LogP contribution in [0.1, 0.15) is 38.1 Å². The number of aromatic amines is 1. The molecule has 0 aliphatic rings. The Kier molecular flexibility index (Phi) is 3.14. The first-order chi connectivity index (χ1) is 5.38. The summed E-state index contributed by atoms with van der Waals surface area (Å²) >= 11 is 0. The third-order valence-corrected chi connectivity index (χ3v) is 1.79. The Balaban J connectivity index is 2.62. The molecule has 0 spiro atoms. The summed E-state index contributed by atoms with van der Waals surface area (Å²) in [7, 11) is 0. The Morgan fingerprint density at radius 1 is 1.27 bits per heavy atom. The van der Waals surface area contributed by atoms with Gasteiger partial charge in [0.25, 0.3) is 0 Å². The SMILES string of the molecule is CCCc1nc[nH]c1CCC. The molecule has 1 N–H and O–H groups in total. The van der Waals surface area contributed by atoms with Gasteiger partial charge in [-0.1, -0.05) is 26.7 Å². The second-order valence-electron chi connectivity index (χ2n) is 2.83. The zero-order valence-corrected chi connectivity index (χ0v) is 7.35. The van der Waals surface area contributed by atoms with Gasteiger partial charge in [0.15, 0.2) is 0 Å². The Labute approximate surface area is 68.0 Å². The van der Waals surface area contributed by atoms with Crippen LogP contribution in [0, 0.1) is 0 Å². The highest BCUT2D eigenvalue weighted by molar-refractivity contribution is 5.10. The third-order valence-electron chi connectivity index (χ3n) is 1.79. The molecule has 0 atom stereocenters. The van der Waals surface area contributed by atoms with Crippen LogP contribution in [-0.2, 0) is 12.8 Å². The van der Waals surface area contributed by atoms with E-state index in [2.05, 4.69) is 23.8 Å². The van der Waals surface area contributed by atoms with E-state index in [-0.39, 0.29) is 0 Å². The predicted octanol–water partition coefficient (Wildman–Crippen LogP) is 2.31. The molecule has 1 aromatic rings. The number of hydrogen-bond donors (Lipinski definition) is 1. The standard InChI is InChI=1S/C9H16N2/c1-3-5-8-9(6-4-2)11-7-10-8/h7H,3-6H2,1-2H3,(H,10,11). The van der Waals surface area contributed by atoms with E-state index in [4.69, 9.17) is 0 Å². The minimum absolute atomic E-state index is 1.11. The van der Waals surface area contributed by atoms with E-state index in [1.807, 2.05) is 0 Å². The molecule has 0 bridgehead atoms. The van der Waals surface area contributed by atoms with Gasteiger partial charge >= 0.3 is 0 Å². The summed E-state index contributed by atoms with van der Waals surface area (Å²) in [4.78, 5) is 7.45. The van der Waals surface area contributed by atoms with Crippen LogP contribution in [0.15, 0.2) is 6.33 Å². The number of hydrogen-bond acceptors (Lipinski definition) is 1. The molecule has 0 amide bonds. The molecule has 2 heteroatoms. The lowest BCUT2D eigenvalue weighted by Crippen LogP contribution is -1.91. The maximum atomic E-state index is 4.27. The molecule has 0 aromatic carbocycles. The lowest BCUT2D eigenvalue weighted by molar-refractivity contribution is 0.831. The fraction of sp³-hybridized carbons (Fsp3) is 0.667. The molecule has 0 fully saturated rings. The van der Waals surface area contributed by atoms with Crippen LogP contribution >= 0.6 is 0 Å². The summed E-state index contributed by atoms with van der Waals surface area (Å²) in [6.45, 7) is 4.38. The fourth-order valence-electron chi connectivity index (χ4n) is 1.27. The lowest BCUT2D eigenvalue weighted by Gasteiger charge is -1.97. The predicted molar refractivity (Wildman–Crippen MR) is 46.6 cm³/mol. The summed E-state index contributed by atoms with van der Waals surface area (Å²) in [5, 5.41) is 0. The largest absolute Gasteiger partial charge is 0.348 e. The molecular formula is C9H16N2. The van der Waals surface area contributed by atoms with Gasteiger partial charge in [0.05, 0.1) is 12.0 Å². The zero-order valence-electron chi connectivity index (χ0n) is 7.35. The highest BCUT2D eigenvalue weighted by Gasteiger charge is 2.01. The van der Waals surface area contributed by atoms with Gasteiger partial charge in [-0.15, -0.1) is 0 Å². The average molecular weight is 152 g/mol. The first kappa shape index (κ1) is 8.31. The Morgan fingerprint density at radius 3 is 2.64 bits per heavy atom. The van der Waals surface area contributed by atoms with Gasteiger partial charge in [-0.2, -0.15) is 0 Å². The molecule has 11 heavy (non-hydrogen) atoms. The van der Waals surface area contributed by atoms with Crippen LogP contribution in [0.3, 0.4) is 0 Å². The van der Waals surface area contributed by atoms with E-state index in [1.165, 1.54) is 24.2 Å². The van der Waals surface area contributed by atoms with E-state index in [1.54, 1.807) is 6.33 Å². The summed E-state index contributed by atoms with van der Waals surface area (Å²) in [6.07, 6.45) is 6.42. The molecule has 1 aromatic heterocycles. The minimum atomic E-state index is 1.11. The number of aryl methyl sites for hydroxylation is 2. The molecule has 1 heterocycles. The maximum Gasteiger partial charge on any atom is 0.0925 e. The van der Waals surface area contributed by atoms with Crippen molar-refractivity contribution in [2.75, 3.05) is 0 Å². The van der Waals surface area contributed by atoms with Crippen molar-refractivity contribution in [3.8, 4) is 0 Å². The van der Waals surface area contributed by atoms with E-state index in [0.29, 0.717) is 0 Å². The number of H-pyrrole nitrogens is 1. The van der Waals surface area contributed by atoms with E-state index >= 15 is 0 Å². The fourth-order valence-corrected chi connectivity index (χ4v) is 1.27. The maximum absolute atomic E-state index is 4.27. The molecule has 0 aliphatic heterocycles. The second kappa shape index (κ2) is 4.16. The highest BCUT2D eigenvalue weighted by Crippen LogP contribution is 2.07. The first-order valence-corrected chi connectivity index (χ1v) is 4.39. The van der Waals surface area contributed by atoms with E-state index < -0.39 is 0 Å². The smallest absolute Gasteiger partial charge is 0.0925 e. The van der Waals surface area contributed by atoms with Crippen LogP contribution in [-0.4, -0.2) is 9.97 Å². The van der Waals surface area contributed by atoms with Crippen LogP contribution in [0.5, 0.6) is 0 Å². The highest BCUT2D eigenvalue weighted by atomic mass is 14.9. The molecular weight excluding hydrogens is 136 g/mol. The van der Waals surface area contributed by atoms with Crippen LogP contribution < -0.4 is 0 Å². The second-order valence-corrected chi connectivity index (χ2v) is 2.83. The molecule has 0 unspecified atom stereocenters. The summed E-state index contributed by atoms with van der Waals surface area (Å²) in [5.74, 6) is 0. The summed E-state index contributed by atoms with van der Waals surface area (Å²) in [5.41, 5.74) is 2.59. The van der Waals surface area contributed by atoms with Gasteiger partial charge in [0, 0.05) is 5.69 Å². The van der Waals surface area contributed by atoms with Crippen molar-refractivity contribution in [2.45, 2.75) is 39.5 Å². The van der Waals surface area contributed by atoms with Gasteiger partial charge in [-0.05, 0) is 12.8 Å². The van der Waals surface area contributed by atoms with Crippen LogP contribution in [0.2, 0.25) is 0 Å². The minimum Gasteiger partial charge on any atom is -0.348 e. The van der Waals surface area contributed by atoms with Gasteiger partial charge in [-0.25, -0.2) is 4.98 Å². The topological polar surface area (TPSA) is 28.7 Å². The van der Waals surface area contributed by atoms with Crippen molar-refractivity contribution in [3.05, 3.63) is 17.7 Å². The molecule has 0 saturated heterocycles. The molecule has 0 saturated carbocycles. The quantitative estimate of drug-likeness (QED) is 0.704. The summed E-state index contributed by atoms with van der Waals surface area (Å²) < 4.78 is 0. The molecule has 0 radical (unpaired) electrons. The Hall–Kier alpha value is -0.790. The Bertz CT molecular complexity index is 183. The molecule has 2 nitrogen and oxygen atoms in total. The van der Waals surface area contributed by atoms with E-state index in [9.17, 15) is 0 Å². The number of imidazole rings is 1. The van der Waals surface area contributed by atoms with Gasteiger partial charge in [0.2, 0.25) is 0 Å². The lowest BCUT2D eigenvalue weighted by atomic mass is 10.1. The number of aromatic nitrogens is 2. The monoisotopic (exact) mass is 152 g/mol. The van der Waals surface area contributed by atoms with Gasteiger partial charge < -0.3 is 4.98 Å². The van der Waals surface area contributed by atoms with Crippen molar-refractivity contribution in [2.24, 2.45) is 0 Å². The average Bonchev–Trinajstić information content (AvgIpc) is 2.39. The van der Waals surface area contributed by atoms with E-state index in [0.717, 1.165) is 12.8 Å². The Morgan fingerprint density at radius 2 is 2.00 bits per heavy atom. The van der Waals surface area contributed by atoms with Crippen molar-refractivity contribution >= 4 is 0 Å². The normalized spacial score (nSPS) is 10.4. The third kappa shape index (κ3) is 2.07. The number of nitrogens with one attached hydrogen (secondary N) is 1. The molecule has 0 aliphatic carbocycles. The van der Waals surface area contributed by atoms with Crippen LogP contribution in [0.25, 0.3) is 0 Å². The molecule has 62 valence electrons. The van der Waals surface area contributed by atoms with Crippen molar-refractivity contribution in [1.82, 2.24) is 9.97 Å². The van der Waals surface area contributed by atoms with Gasteiger partial charge in [-0.3, -0.25) is 0 Å². The van der Waals surface area contributed by atoms with Gasteiger partial charge in [0.1, 0.15) is 0 Å². The van der Waals surface area contributed by atoms with Crippen molar-refractivity contribution in [3.63, 3.8) is 0 Å². The first-order valence-electron chi connectivity index (χ1n) is 4.39. The van der Waals surface area contributed by atoms with Crippen molar-refractivity contribution < 1.29 is 0 Å². The molecule has 1 rings (SSSR count).